The van der Waals surface area contributed by atoms with E-state index in [1.807, 2.05) is 0 Å². The quantitative estimate of drug-likeness (QED) is 0.312. The van der Waals surface area contributed by atoms with Crippen LogP contribution in [0.2, 0.25) is 0 Å². The minimum Gasteiger partial charge on any atom is -0.370 e. The largest absolute Gasteiger partial charge is 0.370 e. The van der Waals surface area contributed by atoms with Gasteiger partial charge in [-0.15, -0.1) is 0 Å². The minimum absolute atomic E-state index is 0.177. The van der Waals surface area contributed by atoms with Gasteiger partial charge in [0.15, 0.2) is 0 Å². The first-order valence-corrected chi connectivity index (χ1v) is 8.70. The van der Waals surface area contributed by atoms with Crippen molar-refractivity contribution >= 4 is 5.91 Å². The van der Waals surface area contributed by atoms with Crippen LogP contribution in [0.1, 0.15) is 96.8 Å². The lowest BCUT2D eigenvalue weighted by Crippen LogP contribution is -2.09. The summed E-state index contributed by atoms with van der Waals surface area (Å²) in [5, 5.41) is 0. The summed E-state index contributed by atoms with van der Waals surface area (Å²) in [5.74, 6) is -0.177. The van der Waals surface area contributed by atoms with Crippen molar-refractivity contribution in [2.45, 2.75) is 96.8 Å². The molecular weight excluding hydrogens is 246 g/mol. The van der Waals surface area contributed by atoms with E-state index in [-0.39, 0.29) is 5.91 Å². The van der Waals surface area contributed by atoms with Gasteiger partial charge in [0.25, 0.3) is 0 Å². The molecule has 0 heterocycles. The lowest BCUT2D eigenvalue weighted by Gasteiger charge is -2.00. The first-order valence-electron chi connectivity index (χ1n) is 8.70. The maximum Gasteiger partial charge on any atom is 0.217 e. The van der Waals surface area contributed by atoms with Gasteiger partial charge in [-0.25, -0.2) is 0 Å². The summed E-state index contributed by atoms with van der Waals surface area (Å²) in [4.78, 5) is 10.5. The average molecular weight is 281 g/mol. The Bertz CT molecular complexity index is 236. The van der Waals surface area contributed by atoms with Crippen molar-refractivity contribution in [2.75, 3.05) is 0 Å². The van der Waals surface area contributed by atoms with Crippen LogP contribution in [0, 0.1) is 0 Å². The van der Waals surface area contributed by atoms with Gasteiger partial charge in [0.1, 0.15) is 0 Å². The van der Waals surface area contributed by atoms with Crippen LogP contribution in [0.4, 0.5) is 0 Å². The van der Waals surface area contributed by atoms with Crippen LogP contribution in [-0.2, 0) is 4.79 Å². The molecule has 118 valence electrons. The highest BCUT2D eigenvalue weighted by Gasteiger charge is 1.93. The van der Waals surface area contributed by atoms with Crippen LogP contribution in [0.3, 0.4) is 0 Å². The normalized spacial score (nSPS) is 11.2. The fourth-order valence-electron chi connectivity index (χ4n) is 2.37. The highest BCUT2D eigenvalue weighted by Crippen LogP contribution is 2.10. The molecule has 0 aromatic heterocycles. The van der Waals surface area contributed by atoms with Crippen LogP contribution in [0.5, 0.6) is 0 Å². The molecule has 0 fully saturated rings. The van der Waals surface area contributed by atoms with E-state index in [1.54, 1.807) is 0 Å². The molecule has 0 unspecified atom stereocenters. The number of hydrogen-bond acceptors (Lipinski definition) is 1. The summed E-state index contributed by atoms with van der Waals surface area (Å²) >= 11 is 0. The van der Waals surface area contributed by atoms with E-state index in [1.165, 1.54) is 64.2 Å². The summed E-state index contributed by atoms with van der Waals surface area (Å²) in [6.07, 6.45) is 21.9. The summed E-state index contributed by atoms with van der Waals surface area (Å²) in [6.45, 7) is 2.27. The van der Waals surface area contributed by atoms with Crippen LogP contribution >= 0.6 is 0 Å². The van der Waals surface area contributed by atoms with Crippen molar-refractivity contribution in [1.82, 2.24) is 0 Å². The van der Waals surface area contributed by atoms with Crippen molar-refractivity contribution in [3.8, 4) is 0 Å². The van der Waals surface area contributed by atoms with E-state index < -0.39 is 0 Å². The number of rotatable bonds is 15. The van der Waals surface area contributed by atoms with Crippen molar-refractivity contribution in [3.63, 3.8) is 0 Å². The number of hydrogen-bond donors (Lipinski definition) is 1. The molecule has 2 nitrogen and oxygen atoms in total. The zero-order chi connectivity index (χ0) is 14.9. The molecule has 0 atom stereocenters. The van der Waals surface area contributed by atoms with Crippen LogP contribution < -0.4 is 5.73 Å². The molecule has 0 spiro atoms. The predicted molar refractivity (Wildman–Crippen MR) is 88.6 cm³/mol. The second-order valence-electron chi connectivity index (χ2n) is 5.80. The van der Waals surface area contributed by atoms with Gasteiger partial charge in [-0.1, -0.05) is 70.4 Å². The van der Waals surface area contributed by atoms with E-state index in [9.17, 15) is 4.79 Å². The second kappa shape index (κ2) is 16.3. The van der Waals surface area contributed by atoms with E-state index in [0.29, 0.717) is 6.42 Å². The maximum absolute atomic E-state index is 10.5. The predicted octanol–water partition coefficient (Wildman–Crippen LogP) is 5.51. The zero-order valence-corrected chi connectivity index (χ0v) is 13.5. The number of carbonyl (C=O) groups excluding carboxylic acids is 1. The fourth-order valence-corrected chi connectivity index (χ4v) is 2.37. The first kappa shape index (κ1) is 19.2. The van der Waals surface area contributed by atoms with Crippen molar-refractivity contribution < 1.29 is 4.79 Å². The Kier molecular flexibility index (Phi) is 15.6. The number of carbonyl (C=O) groups is 1. The van der Waals surface area contributed by atoms with Crippen molar-refractivity contribution in [3.05, 3.63) is 12.2 Å². The van der Waals surface area contributed by atoms with Crippen LogP contribution in [0.25, 0.3) is 0 Å². The molecule has 0 aromatic rings. The molecule has 0 radical (unpaired) electrons. The van der Waals surface area contributed by atoms with Gasteiger partial charge < -0.3 is 5.73 Å². The molecule has 0 bridgehead atoms. The van der Waals surface area contributed by atoms with E-state index in [0.717, 1.165) is 19.3 Å². The lowest BCUT2D eigenvalue weighted by atomic mass is 10.1. The molecule has 0 aliphatic heterocycles. The monoisotopic (exact) mass is 281 g/mol. The average Bonchev–Trinajstić information content (AvgIpc) is 2.43. The third-order valence-electron chi connectivity index (χ3n) is 3.68. The summed E-state index contributed by atoms with van der Waals surface area (Å²) < 4.78 is 0. The number of allylic oxidation sites excluding steroid dienone is 2. The molecule has 0 saturated carbocycles. The molecule has 0 aromatic carbocycles. The highest BCUT2D eigenvalue weighted by molar-refractivity contribution is 5.73. The highest BCUT2D eigenvalue weighted by atomic mass is 16.1. The number of unbranched alkanes of at least 4 members (excludes halogenated alkanes) is 11. The first-order chi connectivity index (χ1) is 9.77. The molecule has 2 heteroatoms. The Labute approximate surface area is 126 Å². The van der Waals surface area contributed by atoms with E-state index in [2.05, 4.69) is 19.1 Å². The summed E-state index contributed by atoms with van der Waals surface area (Å²) in [6, 6.07) is 0. The molecular formula is C18H35NO. The van der Waals surface area contributed by atoms with Gasteiger partial charge in [-0.05, 0) is 32.1 Å². The molecule has 2 N–H and O–H groups in total. The molecule has 0 aliphatic rings. The SMILES string of the molecule is CCCCCCCCCCC/C=C\CCCCC(N)=O. The van der Waals surface area contributed by atoms with Crippen LogP contribution in [0.15, 0.2) is 12.2 Å². The standard InChI is InChI=1S/C18H35NO/c1-2-3-4-5-6-7-8-9-10-11-12-13-14-15-16-17-18(19)20/h12-13H,2-11,14-17H2,1H3,(H2,19,20)/b13-12-. The van der Waals surface area contributed by atoms with Gasteiger partial charge in [0.05, 0.1) is 0 Å². The van der Waals surface area contributed by atoms with Gasteiger partial charge in [-0.2, -0.15) is 0 Å². The Morgan fingerprint density at radius 3 is 1.70 bits per heavy atom. The summed E-state index contributed by atoms with van der Waals surface area (Å²) in [7, 11) is 0. The van der Waals surface area contributed by atoms with Gasteiger partial charge in [-0.3, -0.25) is 4.79 Å². The van der Waals surface area contributed by atoms with Crippen molar-refractivity contribution in [2.24, 2.45) is 5.73 Å². The van der Waals surface area contributed by atoms with Crippen LogP contribution in [-0.4, -0.2) is 5.91 Å². The Morgan fingerprint density at radius 1 is 0.750 bits per heavy atom. The Hall–Kier alpha value is -0.790. The topological polar surface area (TPSA) is 43.1 Å². The fraction of sp³-hybridized carbons (Fsp3) is 0.833. The summed E-state index contributed by atoms with van der Waals surface area (Å²) in [5.41, 5.74) is 5.09. The van der Waals surface area contributed by atoms with Gasteiger partial charge >= 0.3 is 0 Å². The molecule has 20 heavy (non-hydrogen) atoms. The number of amides is 1. The number of nitrogens with two attached hydrogens (primary N) is 1. The van der Waals surface area contributed by atoms with E-state index >= 15 is 0 Å². The molecule has 1 amide bonds. The maximum atomic E-state index is 10.5. The lowest BCUT2D eigenvalue weighted by molar-refractivity contribution is -0.118. The second-order valence-corrected chi connectivity index (χ2v) is 5.80. The minimum atomic E-state index is -0.177. The third-order valence-corrected chi connectivity index (χ3v) is 3.68. The zero-order valence-electron chi connectivity index (χ0n) is 13.5. The van der Waals surface area contributed by atoms with Gasteiger partial charge in [0.2, 0.25) is 5.91 Å². The molecule has 0 rings (SSSR count). The smallest absolute Gasteiger partial charge is 0.217 e. The molecule has 0 saturated heterocycles. The van der Waals surface area contributed by atoms with Gasteiger partial charge in [0, 0.05) is 6.42 Å². The Morgan fingerprint density at radius 2 is 1.20 bits per heavy atom. The van der Waals surface area contributed by atoms with E-state index in [4.69, 9.17) is 5.73 Å². The third kappa shape index (κ3) is 17.2. The Balaban J connectivity index is 3.06. The number of primary amides is 1. The molecule has 0 aliphatic carbocycles. The van der Waals surface area contributed by atoms with Crippen molar-refractivity contribution in [1.29, 1.82) is 0 Å².